The molecule has 0 atom stereocenters. The van der Waals surface area contributed by atoms with Gasteiger partial charge >= 0.3 is 17.6 Å². The first-order valence-electron chi connectivity index (χ1n) is 17.4. The van der Waals surface area contributed by atoms with Crippen molar-refractivity contribution in [1.29, 1.82) is 0 Å². The van der Waals surface area contributed by atoms with Crippen LogP contribution in [-0.4, -0.2) is 70.2 Å². The zero-order chi connectivity index (χ0) is 39.0. The molecule has 0 N–H and O–H groups in total. The Bertz CT molecular complexity index is 1980. The SMILES string of the molecule is CO[Si](CCc1ccc(C)c(-c2nc3ccccc3s2)c1SSSSSc1c(CC[Si](OC)(OC)OC)ccc(C)c1-c1nc2ccccc2s1)(OC)OC. The number of benzene rings is 4. The fourth-order valence-corrected chi connectivity index (χ4v) is 21.1. The maximum absolute atomic E-state index is 5.80. The van der Waals surface area contributed by atoms with Crippen molar-refractivity contribution in [2.75, 3.05) is 42.7 Å². The van der Waals surface area contributed by atoms with Crippen molar-refractivity contribution in [3.8, 4) is 21.1 Å². The van der Waals surface area contributed by atoms with Gasteiger partial charge in [0.2, 0.25) is 0 Å². The highest BCUT2D eigenvalue weighted by Crippen LogP contribution is 2.57. The van der Waals surface area contributed by atoms with Crippen LogP contribution in [-0.2, 0) is 39.4 Å². The second kappa shape index (κ2) is 20.0. The second-order valence-corrected chi connectivity index (χ2v) is 28.1. The van der Waals surface area contributed by atoms with Crippen LogP contribution in [0.15, 0.2) is 82.6 Å². The Kier molecular flexibility index (Phi) is 15.7. The number of nitrogens with zero attached hydrogens (tertiary/aromatic N) is 2. The van der Waals surface area contributed by atoms with Crippen molar-refractivity contribution in [3.05, 3.63) is 95.1 Å². The molecule has 0 aliphatic heterocycles. The van der Waals surface area contributed by atoms with Gasteiger partial charge in [-0.1, -0.05) is 48.5 Å². The summed E-state index contributed by atoms with van der Waals surface area (Å²) in [6.07, 6.45) is 1.51. The van der Waals surface area contributed by atoms with Crippen LogP contribution in [0.4, 0.5) is 0 Å². The first-order valence-corrected chi connectivity index (χ1v) is 29.0. The highest BCUT2D eigenvalue weighted by Gasteiger charge is 2.38. The van der Waals surface area contributed by atoms with E-state index in [1.807, 2.05) is 12.1 Å². The van der Waals surface area contributed by atoms with Gasteiger partial charge in [-0.25, -0.2) is 9.97 Å². The Labute approximate surface area is 352 Å². The normalized spacial score (nSPS) is 12.4. The molecule has 0 radical (unpaired) electrons. The van der Waals surface area contributed by atoms with E-state index in [2.05, 4.69) is 74.5 Å². The van der Waals surface area contributed by atoms with Gasteiger partial charge in [0, 0.05) is 75.7 Å². The number of fused-ring (bicyclic) bond motifs is 2. The van der Waals surface area contributed by atoms with Crippen molar-refractivity contribution in [1.82, 2.24) is 9.97 Å². The minimum Gasteiger partial charge on any atom is -0.377 e. The van der Waals surface area contributed by atoms with Crippen LogP contribution in [0.3, 0.4) is 0 Å². The van der Waals surface area contributed by atoms with Gasteiger partial charge in [0.25, 0.3) is 0 Å². The molecule has 17 heteroatoms. The molecule has 2 aromatic heterocycles. The Morgan fingerprint density at radius 3 is 1.25 bits per heavy atom. The van der Waals surface area contributed by atoms with Crippen LogP contribution < -0.4 is 0 Å². The molecule has 0 aliphatic rings. The van der Waals surface area contributed by atoms with Crippen LogP contribution in [0.2, 0.25) is 12.1 Å². The first kappa shape index (κ1) is 43.2. The Balaban J connectivity index is 1.28. The standard InChI is InChI=1S/C38H44N2O6S7Si2/c1-25-17-19-27(21-23-54(41-3,42-4)43-5)35(33(25)37-39-29-13-9-11-15-31(29)47-37)49-51-53-52-50-36-28(22-24-55(44-6,45-7)46-8)20-18-26(2)34(36)38-40-30-14-10-12-16-32(30)48-38/h9-20H,21-24H2,1-8H3. The van der Waals surface area contributed by atoms with E-state index >= 15 is 0 Å². The Hall–Kier alpha value is -1.40. The van der Waals surface area contributed by atoms with Crippen LogP contribution >= 0.6 is 73.7 Å². The molecular weight excluding hydrogens is 861 g/mol. The minimum absolute atomic E-state index is 0.666. The number of thiazole rings is 2. The summed E-state index contributed by atoms with van der Waals surface area (Å²) in [6, 6.07) is 26.9. The lowest BCUT2D eigenvalue weighted by Gasteiger charge is -2.25. The van der Waals surface area contributed by atoms with Crippen molar-refractivity contribution in [2.24, 2.45) is 0 Å². The van der Waals surface area contributed by atoms with E-state index in [9.17, 15) is 0 Å². The van der Waals surface area contributed by atoms with E-state index in [0.29, 0.717) is 12.1 Å². The number of aromatic nitrogens is 2. The number of aryl methyl sites for hydroxylation is 4. The summed E-state index contributed by atoms with van der Waals surface area (Å²) in [6.45, 7) is 4.35. The van der Waals surface area contributed by atoms with Gasteiger partial charge in [-0.3, -0.25) is 0 Å². The molecule has 0 bridgehead atoms. The molecule has 8 nitrogen and oxygen atoms in total. The van der Waals surface area contributed by atoms with E-state index in [-0.39, 0.29) is 0 Å². The number of hydrogen-bond donors (Lipinski definition) is 0. The van der Waals surface area contributed by atoms with E-state index in [1.54, 1.807) is 116 Å². The van der Waals surface area contributed by atoms with Crippen LogP contribution in [0.5, 0.6) is 0 Å². The van der Waals surface area contributed by atoms with Gasteiger partial charge in [-0.2, -0.15) is 0 Å². The van der Waals surface area contributed by atoms with E-state index in [1.165, 1.54) is 52.6 Å². The molecule has 0 aliphatic carbocycles. The largest absolute Gasteiger partial charge is 0.500 e. The van der Waals surface area contributed by atoms with Gasteiger partial charge < -0.3 is 26.6 Å². The molecule has 2 heterocycles. The Morgan fingerprint density at radius 1 is 0.509 bits per heavy atom. The summed E-state index contributed by atoms with van der Waals surface area (Å²) in [5.41, 5.74) is 9.21. The van der Waals surface area contributed by atoms with E-state index in [0.717, 1.165) is 33.9 Å². The fourth-order valence-electron chi connectivity index (χ4n) is 6.32. The summed E-state index contributed by atoms with van der Waals surface area (Å²) in [5, 5.41) is 2.05. The predicted molar refractivity (Wildman–Crippen MR) is 245 cm³/mol. The predicted octanol–water partition coefficient (Wildman–Crippen LogP) is 12.4. The molecule has 0 amide bonds. The maximum Gasteiger partial charge on any atom is 0.500 e. The molecule has 0 fully saturated rings. The highest BCUT2D eigenvalue weighted by molar-refractivity contribution is 9.35. The average Bonchev–Trinajstić information content (AvgIpc) is 3.85. The molecule has 292 valence electrons. The third kappa shape index (κ3) is 9.91. The van der Waals surface area contributed by atoms with Gasteiger partial charge in [-0.15, -0.1) is 22.7 Å². The molecule has 4 aromatic carbocycles. The molecule has 6 rings (SSSR count). The topological polar surface area (TPSA) is 81.2 Å². The molecule has 6 aromatic rings. The third-order valence-electron chi connectivity index (χ3n) is 9.47. The van der Waals surface area contributed by atoms with Crippen LogP contribution in [0, 0.1) is 13.8 Å². The minimum atomic E-state index is -2.79. The Morgan fingerprint density at radius 2 is 0.891 bits per heavy atom. The second-order valence-electron chi connectivity index (χ2n) is 12.4. The molecule has 0 saturated heterocycles. The highest BCUT2D eigenvalue weighted by atomic mass is 33.8. The molecular formula is C38H44N2O6S7Si2. The van der Waals surface area contributed by atoms with Crippen molar-refractivity contribution in [2.45, 2.75) is 48.6 Å². The summed E-state index contributed by atoms with van der Waals surface area (Å²) in [7, 11) is 13.3. The van der Waals surface area contributed by atoms with Crippen molar-refractivity contribution >= 4 is 112 Å². The molecule has 0 saturated carbocycles. The van der Waals surface area contributed by atoms with Crippen molar-refractivity contribution in [3.63, 3.8) is 0 Å². The smallest absolute Gasteiger partial charge is 0.377 e. The van der Waals surface area contributed by atoms with Gasteiger partial charge in [0.1, 0.15) is 10.0 Å². The summed E-state index contributed by atoms with van der Waals surface area (Å²) in [4.78, 5) is 12.6. The molecule has 0 unspecified atom stereocenters. The number of hydrogen-bond acceptors (Lipinski definition) is 15. The van der Waals surface area contributed by atoms with Gasteiger partial charge in [0.05, 0.1) is 20.4 Å². The summed E-state index contributed by atoms with van der Waals surface area (Å²) < 4.78 is 37.2. The average molecular weight is 905 g/mol. The third-order valence-corrected chi connectivity index (χ3v) is 25.5. The van der Waals surface area contributed by atoms with Crippen molar-refractivity contribution < 1.29 is 26.6 Å². The van der Waals surface area contributed by atoms with Gasteiger partial charge in [0.15, 0.2) is 0 Å². The molecule has 55 heavy (non-hydrogen) atoms. The van der Waals surface area contributed by atoms with E-state index < -0.39 is 17.6 Å². The van der Waals surface area contributed by atoms with Crippen LogP contribution in [0.25, 0.3) is 41.6 Å². The summed E-state index contributed by atoms with van der Waals surface area (Å²) in [5.74, 6) is 0. The lowest BCUT2D eigenvalue weighted by Crippen LogP contribution is -2.43. The molecule has 0 spiro atoms. The maximum atomic E-state index is 5.80. The quantitative estimate of drug-likeness (QED) is 0.0415. The lowest BCUT2D eigenvalue weighted by molar-refractivity contribution is 0.123. The number of rotatable bonds is 20. The van der Waals surface area contributed by atoms with E-state index in [4.69, 9.17) is 36.5 Å². The zero-order valence-electron chi connectivity index (χ0n) is 32.0. The van der Waals surface area contributed by atoms with Gasteiger partial charge in [-0.05, 0) is 124 Å². The summed E-state index contributed by atoms with van der Waals surface area (Å²) >= 11 is 3.47. The fraction of sp³-hybridized carbons (Fsp3) is 0.316. The lowest BCUT2D eigenvalue weighted by atomic mass is 10.0. The monoisotopic (exact) mass is 904 g/mol. The first-order chi connectivity index (χ1) is 26.7. The van der Waals surface area contributed by atoms with Crippen LogP contribution in [0.1, 0.15) is 22.3 Å². The number of para-hydroxylation sites is 2. The zero-order valence-corrected chi connectivity index (χ0v) is 39.7.